The van der Waals surface area contributed by atoms with Crippen molar-refractivity contribution in [1.82, 2.24) is 15.2 Å². The summed E-state index contributed by atoms with van der Waals surface area (Å²) in [5.41, 5.74) is 2.43. The molecule has 0 aromatic carbocycles. The molecule has 3 nitrogen and oxygen atoms in total. The maximum Gasteiger partial charge on any atom is 0.0570 e. The molecular weight excluding hydrogens is 234 g/mol. The summed E-state index contributed by atoms with van der Waals surface area (Å²) in [6, 6.07) is 4.67. The summed E-state index contributed by atoms with van der Waals surface area (Å²) in [4.78, 5) is 6.90. The third-order valence-corrected chi connectivity index (χ3v) is 3.74. The summed E-state index contributed by atoms with van der Waals surface area (Å²) in [6.07, 6.45) is 4.36. The smallest absolute Gasteiger partial charge is 0.0570 e. The van der Waals surface area contributed by atoms with Crippen molar-refractivity contribution in [2.24, 2.45) is 0 Å². The Labute approximate surface area is 118 Å². The van der Waals surface area contributed by atoms with Crippen LogP contribution in [0.15, 0.2) is 18.3 Å². The molecule has 0 aliphatic rings. The maximum absolute atomic E-state index is 4.41. The molecule has 1 rings (SSSR count). The zero-order valence-corrected chi connectivity index (χ0v) is 12.9. The van der Waals surface area contributed by atoms with Crippen LogP contribution in [0.2, 0.25) is 0 Å². The Kier molecular flexibility index (Phi) is 7.68. The predicted molar refractivity (Wildman–Crippen MR) is 82.3 cm³/mol. The quantitative estimate of drug-likeness (QED) is 0.742. The first-order chi connectivity index (χ1) is 9.17. The number of hydrogen-bond donors (Lipinski definition) is 1. The summed E-state index contributed by atoms with van der Waals surface area (Å²) in [6.45, 7) is 13.2. The minimum Gasteiger partial charge on any atom is -0.309 e. The van der Waals surface area contributed by atoms with Crippen LogP contribution in [0.1, 0.15) is 44.9 Å². The van der Waals surface area contributed by atoms with Gasteiger partial charge >= 0.3 is 0 Å². The summed E-state index contributed by atoms with van der Waals surface area (Å²) in [5.74, 6) is 0. The van der Waals surface area contributed by atoms with Crippen molar-refractivity contribution in [3.8, 4) is 0 Å². The van der Waals surface area contributed by atoms with Crippen molar-refractivity contribution < 1.29 is 0 Å². The van der Waals surface area contributed by atoms with Crippen LogP contribution in [-0.4, -0.2) is 35.6 Å². The summed E-state index contributed by atoms with van der Waals surface area (Å²) in [5, 5.41) is 3.57. The standard InChI is InChI=1S/C16H29N3/c1-5-19(6-2)12-8-10-15(4)18-13-16-14(3)9-7-11-17-16/h7,9,11,15,18H,5-6,8,10,12-13H2,1-4H3. The van der Waals surface area contributed by atoms with Crippen LogP contribution in [0.3, 0.4) is 0 Å². The van der Waals surface area contributed by atoms with Gasteiger partial charge in [-0.1, -0.05) is 19.9 Å². The van der Waals surface area contributed by atoms with Gasteiger partial charge in [0, 0.05) is 18.8 Å². The van der Waals surface area contributed by atoms with Gasteiger partial charge in [-0.05, 0) is 58.0 Å². The van der Waals surface area contributed by atoms with E-state index in [-0.39, 0.29) is 0 Å². The molecule has 0 aliphatic heterocycles. The number of aromatic nitrogens is 1. The van der Waals surface area contributed by atoms with Crippen molar-refractivity contribution >= 4 is 0 Å². The van der Waals surface area contributed by atoms with Gasteiger partial charge in [0.1, 0.15) is 0 Å². The molecule has 0 fully saturated rings. The fraction of sp³-hybridized carbons (Fsp3) is 0.688. The highest BCUT2D eigenvalue weighted by Crippen LogP contribution is 2.05. The third kappa shape index (κ3) is 6.17. The topological polar surface area (TPSA) is 28.2 Å². The molecular formula is C16H29N3. The molecule has 1 N–H and O–H groups in total. The molecule has 0 spiro atoms. The van der Waals surface area contributed by atoms with Crippen LogP contribution in [0.25, 0.3) is 0 Å². The molecule has 1 unspecified atom stereocenters. The molecule has 1 atom stereocenters. The zero-order valence-electron chi connectivity index (χ0n) is 12.9. The lowest BCUT2D eigenvalue weighted by Crippen LogP contribution is -2.29. The Balaban J connectivity index is 2.21. The molecule has 0 aliphatic carbocycles. The molecule has 1 heterocycles. The molecule has 0 bridgehead atoms. The van der Waals surface area contributed by atoms with E-state index in [0.29, 0.717) is 6.04 Å². The van der Waals surface area contributed by atoms with E-state index in [2.05, 4.69) is 49.0 Å². The fourth-order valence-corrected chi connectivity index (χ4v) is 2.24. The second-order valence-corrected chi connectivity index (χ2v) is 5.22. The van der Waals surface area contributed by atoms with Crippen LogP contribution < -0.4 is 5.32 Å². The van der Waals surface area contributed by atoms with Gasteiger partial charge in [-0.3, -0.25) is 4.98 Å². The van der Waals surface area contributed by atoms with E-state index < -0.39 is 0 Å². The van der Waals surface area contributed by atoms with Crippen LogP contribution in [0.5, 0.6) is 0 Å². The number of rotatable bonds is 9. The van der Waals surface area contributed by atoms with E-state index in [1.807, 2.05) is 12.3 Å². The Hall–Kier alpha value is -0.930. The fourth-order valence-electron chi connectivity index (χ4n) is 2.24. The third-order valence-electron chi connectivity index (χ3n) is 3.74. The maximum atomic E-state index is 4.41. The normalized spacial score (nSPS) is 12.9. The van der Waals surface area contributed by atoms with Gasteiger partial charge in [0.25, 0.3) is 0 Å². The van der Waals surface area contributed by atoms with Crippen LogP contribution in [0.4, 0.5) is 0 Å². The molecule has 19 heavy (non-hydrogen) atoms. The highest BCUT2D eigenvalue weighted by molar-refractivity contribution is 5.17. The van der Waals surface area contributed by atoms with Crippen molar-refractivity contribution in [2.75, 3.05) is 19.6 Å². The second kappa shape index (κ2) is 9.05. The Morgan fingerprint density at radius 3 is 2.68 bits per heavy atom. The molecule has 0 amide bonds. The predicted octanol–water partition coefficient (Wildman–Crippen LogP) is 2.99. The van der Waals surface area contributed by atoms with Gasteiger partial charge < -0.3 is 10.2 Å². The molecule has 1 aromatic rings. The van der Waals surface area contributed by atoms with E-state index in [0.717, 1.165) is 25.3 Å². The first-order valence-corrected chi connectivity index (χ1v) is 7.53. The van der Waals surface area contributed by atoms with Crippen LogP contribution in [0, 0.1) is 6.92 Å². The highest BCUT2D eigenvalue weighted by atomic mass is 15.1. The van der Waals surface area contributed by atoms with Crippen molar-refractivity contribution in [3.63, 3.8) is 0 Å². The lowest BCUT2D eigenvalue weighted by molar-refractivity contribution is 0.290. The first kappa shape index (κ1) is 16.1. The monoisotopic (exact) mass is 263 g/mol. The minimum atomic E-state index is 0.553. The molecule has 0 radical (unpaired) electrons. The van der Waals surface area contributed by atoms with Crippen molar-refractivity contribution in [1.29, 1.82) is 0 Å². The van der Waals surface area contributed by atoms with E-state index in [9.17, 15) is 0 Å². The van der Waals surface area contributed by atoms with Gasteiger partial charge in [0.15, 0.2) is 0 Å². The summed E-state index contributed by atoms with van der Waals surface area (Å²) >= 11 is 0. The van der Waals surface area contributed by atoms with Gasteiger partial charge in [0.2, 0.25) is 0 Å². The van der Waals surface area contributed by atoms with Crippen molar-refractivity contribution in [3.05, 3.63) is 29.6 Å². The number of pyridine rings is 1. The number of nitrogens with zero attached hydrogens (tertiary/aromatic N) is 2. The average molecular weight is 263 g/mol. The lowest BCUT2D eigenvalue weighted by Gasteiger charge is -2.19. The summed E-state index contributed by atoms with van der Waals surface area (Å²) < 4.78 is 0. The SMILES string of the molecule is CCN(CC)CCCC(C)NCc1ncccc1C. The van der Waals surface area contributed by atoms with Gasteiger partial charge in [-0.2, -0.15) is 0 Å². The van der Waals surface area contributed by atoms with E-state index in [1.54, 1.807) is 0 Å². The summed E-state index contributed by atoms with van der Waals surface area (Å²) in [7, 11) is 0. The Bertz CT molecular complexity index is 348. The largest absolute Gasteiger partial charge is 0.309 e. The average Bonchev–Trinajstić information content (AvgIpc) is 2.43. The Morgan fingerprint density at radius 1 is 1.32 bits per heavy atom. The minimum absolute atomic E-state index is 0.553. The van der Waals surface area contributed by atoms with E-state index in [1.165, 1.54) is 24.9 Å². The van der Waals surface area contributed by atoms with E-state index >= 15 is 0 Å². The van der Waals surface area contributed by atoms with Crippen LogP contribution in [-0.2, 0) is 6.54 Å². The molecule has 3 heteroatoms. The number of nitrogens with one attached hydrogen (secondary N) is 1. The van der Waals surface area contributed by atoms with Gasteiger partial charge in [-0.25, -0.2) is 0 Å². The molecule has 1 aromatic heterocycles. The molecule has 0 saturated heterocycles. The Morgan fingerprint density at radius 2 is 2.05 bits per heavy atom. The first-order valence-electron chi connectivity index (χ1n) is 7.53. The van der Waals surface area contributed by atoms with E-state index in [4.69, 9.17) is 0 Å². The molecule has 108 valence electrons. The van der Waals surface area contributed by atoms with Gasteiger partial charge in [-0.15, -0.1) is 0 Å². The number of hydrogen-bond acceptors (Lipinski definition) is 3. The van der Waals surface area contributed by atoms with Crippen LogP contribution >= 0.6 is 0 Å². The zero-order chi connectivity index (χ0) is 14.1. The van der Waals surface area contributed by atoms with Gasteiger partial charge in [0.05, 0.1) is 5.69 Å². The number of aryl methyl sites for hydroxylation is 1. The van der Waals surface area contributed by atoms with Crippen molar-refractivity contribution in [2.45, 2.75) is 53.1 Å². The lowest BCUT2D eigenvalue weighted by atomic mass is 10.1. The molecule has 0 saturated carbocycles. The second-order valence-electron chi connectivity index (χ2n) is 5.22. The highest BCUT2D eigenvalue weighted by Gasteiger charge is 2.05.